The van der Waals surface area contributed by atoms with Gasteiger partial charge in [0.05, 0.1) is 15.8 Å². The van der Waals surface area contributed by atoms with Crippen LogP contribution in [0.2, 0.25) is 10.0 Å². The first kappa shape index (κ1) is 15.4. The summed E-state index contributed by atoms with van der Waals surface area (Å²) in [6.45, 7) is 0. The van der Waals surface area contributed by atoms with Crippen molar-refractivity contribution in [1.29, 1.82) is 0 Å². The van der Waals surface area contributed by atoms with E-state index in [0.717, 1.165) is 10.5 Å². The molecule has 0 saturated heterocycles. The van der Waals surface area contributed by atoms with Crippen molar-refractivity contribution in [2.45, 2.75) is 11.3 Å². The molecule has 0 saturated carbocycles. The molecule has 0 bridgehead atoms. The molecule has 20 heavy (non-hydrogen) atoms. The van der Waals surface area contributed by atoms with Crippen molar-refractivity contribution in [3.8, 4) is 0 Å². The van der Waals surface area contributed by atoms with Crippen LogP contribution in [-0.4, -0.2) is 11.5 Å². The van der Waals surface area contributed by atoms with E-state index in [2.05, 4.69) is 0 Å². The highest BCUT2D eigenvalue weighted by Gasteiger charge is 2.07. The second kappa shape index (κ2) is 7.11. The molecular formula is C15H11Cl2FOS. The summed E-state index contributed by atoms with van der Waals surface area (Å²) in [6.07, 6.45) is 0.311. The van der Waals surface area contributed by atoms with Crippen LogP contribution in [0.25, 0.3) is 0 Å². The highest BCUT2D eigenvalue weighted by Crippen LogP contribution is 2.23. The summed E-state index contributed by atoms with van der Waals surface area (Å²) in [6, 6.07) is 11.2. The Hall–Kier alpha value is -1.03. The average Bonchev–Trinajstić information content (AvgIpc) is 2.42. The van der Waals surface area contributed by atoms with E-state index in [9.17, 15) is 9.18 Å². The molecule has 0 N–H and O–H groups in total. The number of hydrogen-bond donors (Lipinski definition) is 0. The van der Waals surface area contributed by atoms with Gasteiger partial charge in [-0.2, -0.15) is 0 Å². The second-order valence-electron chi connectivity index (χ2n) is 4.21. The molecule has 0 heterocycles. The molecule has 0 atom stereocenters. The smallest absolute Gasteiger partial charge is 0.147 e. The Kier molecular flexibility index (Phi) is 5.46. The average molecular weight is 329 g/mol. The van der Waals surface area contributed by atoms with Gasteiger partial charge < -0.3 is 0 Å². The lowest BCUT2D eigenvalue weighted by atomic mass is 10.1. The minimum Gasteiger partial charge on any atom is -0.298 e. The van der Waals surface area contributed by atoms with Gasteiger partial charge in [0, 0.05) is 11.3 Å². The molecule has 0 fully saturated rings. The van der Waals surface area contributed by atoms with Gasteiger partial charge >= 0.3 is 0 Å². The van der Waals surface area contributed by atoms with Crippen molar-refractivity contribution < 1.29 is 9.18 Å². The highest BCUT2D eigenvalue weighted by molar-refractivity contribution is 8.00. The van der Waals surface area contributed by atoms with Crippen LogP contribution in [-0.2, 0) is 11.2 Å². The summed E-state index contributed by atoms with van der Waals surface area (Å²) in [5, 5.41) is 0.923. The summed E-state index contributed by atoms with van der Waals surface area (Å²) in [7, 11) is 0. The maximum absolute atomic E-state index is 12.7. The Bertz CT molecular complexity index is 614. The van der Waals surface area contributed by atoms with Crippen molar-refractivity contribution in [3.05, 3.63) is 63.9 Å². The van der Waals surface area contributed by atoms with Gasteiger partial charge in [0.25, 0.3) is 0 Å². The topological polar surface area (TPSA) is 17.1 Å². The van der Waals surface area contributed by atoms with Crippen LogP contribution in [0.1, 0.15) is 5.56 Å². The van der Waals surface area contributed by atoms with Gasteiger partial charge in [-0.15, -0.1) is 11.8 Å². The number of carbonyl (C=O) groups is 1. The van der Waals surface area contributed by atoms with E-state index in [1.165, 1.54) is 23.9 Å². The molecule has 0 radical (unpaired) electrons. The van der Waals surface area contributed by atoms with E-state index in [-0.39, 0.29) is 11.6 Å². The van der Waals surface area contributed by atoms with Crippen LogP contribution < -0.4 is 0 Å². The summed E-state index contributed by atoms with van der Waals surface area (Å²) in [4.78, 5) is 12.7. The van der Waals surface area contributed by atoms with Gasteiger partial charge in [-0.1, -0.05) is 29.3 Å². The molecule has 2 aromatic rings. The first-order valence-electron chi connectivity index (χ1n) is 5.88. The highest BCUT2D eigenvalue weighted by atomic mass is 35.5. The van der Waals surface area contributed by atoms with Crippen molar-refractivity contribution in [2.24, 2.45) is 0 Å². The molecule has 104 valence electrons. The van der Waals surface area contributed by atoms with Gasteiger partial charge in [-0.3, -0.25) is 4.79 Å². The van der Waals surface area contributed by atoms with Crippen LogP contribution >= 0.6 is 35.0 Å². The molecule has 2 rings (SSSR count). The van der Waals surface area contributed by atoms with Gasteiger partial charge in [0.15, 0.2) is 0 Å². The summed E-state index contributed by atoms with van der Waals surface area (Å²) in [5.41, 5.74) is 0.837. The fourth-order valence-corrected chi connectivity index (χ4v) is 2.70. The number of rotatable bonds is 5. The summed E-state index contributed by atoms with van der Waals surface area (Å²) in [5.74, 6) is 0.139. The quantitative estimate of drug-likeness (QED) is 0.715. The van der Waals surface area contributed by atoms with E-state index in [1.54, 1.807) is 30.3 Å². The molecule has 0 spiro atoms. The first-order chi connectivity index (χ1) is 9.54. The van der Waals surface area contributed by atoms with Crippen LogP contribution in [0.15, 0.2) is 47.4 Å². The van der Waals surface area contributed by atoms with Crippen LogP contribution in [0.4, 0.5) is 4.39 Å². The van der Waals surface area contributed by atoms with E-state index in [0.29, 0.717) is 22.2 Å². The minimum absolute atomic E-state index is 0.0812. The zero-order chi connectivity index (χ0) is 14.5. The fourth-order valence-electron chi connectivity index (χ4n) is 1.62. The van der Waals surface area contributed by atoms with Crippen molar-refractivity contribution in [1.82, 2.24) is 0 Å². The Morgan fingerprint density at radius 1 is 1.05 bits per heavy atom. The molecule has 0 amide bonds. The Morgan fingerprint density at radius 3 is 2.40 bits per heavy atom. The maximum Gasteiger partial charge on any atom is 0.147 e. The third-order valence-electron chi connectivity index (χ3n) is 2.60. The van der Waals surface area contributed by atoms with Gasteiger partial charge in [-0.25, -0.2) is 4.39 Å². The number of ketones is 1. The molecule has 0 aliphatic carbocycles. The SMILES string of the molecule is O=C(CSc1ccc(F)cc1)Cc1ccc(Cl)c(Cl)c1. The predicted octanol–water partition coefficient (Wildman–Crippen LogP) is 5.04. The van der Waals surface area contributed by atoms with Gasteiger partial charge in [-0.05, 0) is 42.0 Å². The van der Waals surface area contributed by atoms with E-state index in [1.807, 2.05) is 0 Å². The number of thioether (sulfide) groups is 1. The van der Waals surface area contributed by atoms with Gasteiger partial charge in [0.1, 0.15) is 11.6 Å². The molecule has 0 aromatic heterocycles. The lowest BCUT2D eigenvalue weighted by Gasteiger charge is -2.03. The van der Waals surface area contributed by atoms with Crippen LogP contribution in [0.5, 0.6) is 0 Å². The number of hydrogen-bond acceptors (Lipinski definition) is 2. The number of halogens is 3. The zero-order valence-corrected chi connectivity index (χ0v) is 12.7. The molecule has 0 aliphatic rings. The first-order valence-corrected chi connectivity index (χ1v) is 7.63. The Morgan fingerprint density at radius 2 is 1.75 bits per heavy atom. The minimum atomic E-state index is -0.281. The monoisotopic (exact) mass is 328 g/mol. The number of Topliss-reactive ketones (excluding diaryl/α,β-unsaturated/α-hetero) is 1. The molecule has 1 nitrogen and oxygen atoms in total. The van der Waals surface area contributed by atoms with Crippen LogP contribution in [0, 0.1) is 5.82 Å². The van der Waals surface area contributed by atoms with Crippen LogP contribution in [0.3, 0.4) is 0 Å². The summed E-state index contributed by atoms with van der Waals surface area (Å²) >= 11 is 13.1. The van der Waals surface area contributed by atoms with Crippen molar-refractivity contribution >= 4 is 40.7 Å². The van der Waals surface area contributed by atoms with E-state index >= 15 is 0 Å². The third-order valence-corrected chi connectivity index (χ3v) is 4.41. The molecule has 5 heteroatoms. The Labute approximate surface area is 131 Å². The largest absolute Gasteiger partial charge is 0.298 e. The number of benzene rings is 2. The van der Waals surface area contributed by atoms with E-state index < -0.39 is 0 Å². The van der Waals surface area contributed by atoms with Crippen molar-refractivity contribution in [2.75, 3.05) is 5.75 Å². The van der Waals surface area contributed by atoms with E-state index in [4.69, 9.17) is 23.2 Å². The van der Waals surface area contributed by atoms with Crippen molar-refractivity contribution in [3.63, 3.8) is 0 Å². The lowest BCUT2D eigenvalue weighted by Crippen LogP contribution is -2.05. The predicted molar refractivity (Wildman–Crippen MR) is 82.3 cm³/mol. The standard InChI is InChI=1S/C15H11Cl2FOS/c16-14-6-1-10(8-15(14)17)7-12(19)9-20-13-4-2-11(18)3-5-13/h1-6,8H,7,9H2. The third kappa shape index (κ3) is 4.51. The summed E-state index contributed by atoms with van der Waals surface area (Å²) < 4.78 is 12.7. The van der Waals surface area contributed by atoms with Gasteiger partial charge in [0.2, 0.25) is 0 Å². The Balaban J connectivity index is 1.89. The second-order valence-corrected chi connectivity index (χ2v) is 6.07. The fraction of sp³-hybridized carbons (Fsp3) is 0.133. The number of carbonyl (C=O) groups excluding carboxylic acids is 1. The molecule has 0 unspecified atom stereocenters. The zero-order valence-electron chi connectivity index (χ0n) is 10.4. The maximum atomic E-state index is 12.7. The molecular weight excluding hydrogens is 318 g/mol. The molecule has 0 aliphatic heterocycles. The normalized spacial score (nSPS) is 10.6. The molecule has 2 aromatic carbocycles. The lowest BCUT2D eigenvalue weighted by molar-refractivity contribution is -0.116.